The summed E-state index contributed by atoms with van der Waals surface area (Å²) in [5.74, 6) is -1.55. The topological polar surface area (TPSA) is 95.9 Å². The quantitative estimate of drug-likeness (QED) is 0.782. The first-order valence-corrected chi connectivity index (χ1v) is 5.72. The minimum Gasteiger partial charge on any atom is -0.495 e. The average Bonchev–Trinajstić information content (AvgIpc) is 2.28. The fraction of sp³-hybridized carbons (Fsp3) is 0.273. The number of carbonyl (C=O) groups is 2. The van der Waals surface area contributed by atoms with Crippen molar-refractivity contribution in [2.24, 2.45) is 0 Å². The van der Waals surface area contributed by atoms with E-state index in [1.165, 1.54) is 20.1 Å². The lowest BCUT2D eigenvalue weighted by atomic mass is 10.1. The van der Waals surface area contributed by atoms with Crippen LogP contribution in [0.2, 0.25) is 0 Å². The molecule has 1 aromatic carbocycles. The summed E-state index contributed by atoms with van der Waals surface area (Å²) in [6.45, 7) is 1.28. The van der Waals surface area contributed by atoms with Crippen molar-refractivity contribution in [3.63, 3.8) is 0 Å². The molecule has 1 amide bonds. The van der Waals surface area contributed by atoms with E-state index in [1.54, 1.807) is 6.07 Å². The maximum Gasteiger partial charge on any atom is 0.337 e. The highest BCUT2D eigenvalue weighted by Crippen LogP contribution is 2.38. The number of aliphatic carboxylic acids is 1. The molecular weight excluding hydrogens is 306 g/mol. The van der Waals surface area contributed by atoms with Gasteiger partial charge in [0.05, 0.1) is 12.8 Å². The van der Waals surface area contributed by atoms with E-state index in [-0.39, 0.29) is 17.0 Å². The zero-order valence-electron chi connectivity index (χ0n) is 9.73. The number of amides is 1. The summed E-state index contributed by atoms with van der Waals surface area (Å²) in [5.41, 5.74) is 0.173. The van der Waals surface area contributed by atoms with E-state index in [1.807, 2.05) is 0 Å². The molecule has 6 nitrogen and oxygen atoms in total. The number of carbonyl (C=O) groups excluding carboxylic acids is 1. The number of anilines is 1. The van der Waals surface area contributed by atoms with Gasteiger partial charge in [0, 0.05) is 17.0 Å². The third kappa shape index (κ3) is 2.99. The fourth-order valence-corrected chi connectivity index (χ4v) is 1.99. The van der Waals surface area contributed by atoms with Crippen molar-refractivity contribution in [3.05, 3.63) is 22.2 Å². The first kappa shape index (κ1) is 14.5. The molecule has 1 unspecified atom stereocenters. The Balaban J connectivity index is 3.44. The fourth-order valence-electron chi connectivity index (χ4n) is 1.44. The van der Waals surface area contributed by atoms with Crippen molar-refractivity contribution in [2.45, 2.75) is 13.0 Å². The summed E-state index contributed by atoms with van der Waals surface area (Å²) in [6.07, 6.45) is -1.77. The summed E-state index contributed by atoms with van der Waals surface area (Å²) < 4.78 is 5.40. The van der Waals surface area contributed by atoms with Gasteiger partial charge in [0.2, 0.25) is 5.91 Å². The molecule has 0 heterocycles. The van der Waals surface area contributed by atoms with Crippen LogP contribution in [0.3, 0.4) is 0 Å². The predicted octanol–water partition coefficient (Wildman–Crippen LogP) is 1.53. The second kappa shape index (κ2) is 5.83. The molecule has 0 spiro atoms. The van der Waals surface area contributed by atoms with Crippen LogP contribution in [0, 0.1) is 0 Å². The number of ether oxygens (including phenoxy) is 1. The Bertz CT molecular complexity index is 489. The molecular formula is C11H12BrNO5. The van der Waals surface area contributed by atoms with E-state index in [2.05, 4.69) is 21.2 Å². The van der Waals surface area contributed by atoms with Crippen LogP contribution in [-0.2, 0) is 9.59 Å². The molecule has 0 aromatic heterocycles. The molecule has 1 rings (SSSR count). The highest BCUT2D eigenvalue weighted by molar-refractivity contribution is 9.10. The molecule has 0 fully saturated rings. The lowest BCUT2D eigenvalue weighted by Gasteiger charge is -2.17. The van der Waals surface area contributed by atoms with Crippen molar-refractivity contribution >= 4 is 33.5 Å². The van der Waals surface area contributed by atoms with Crippen LogP contribution >= 0.6 is 15.9 Å². The van der Waals surface area contributed by atoms with Gasteiger partial charge in [-0.25, -0.2) is 4.79 Å². The summed E-state index contributed by atoms with van der Waals surface area (Å²) in [6, 6.07) is 3.08. The van der Waals surface area contributed by atoms with Crippen LogP contribution in [0.4, 0.5) is 5.69 Å². The van der Waals surface area contributed by atoms with Crippen LogP contribution < -0.4 is 10.1 Å². The molecule has 0 aliphatic carbocycles. The maximum absolute atomic E-state index is 11.1. The van der Waals surface area contributed by atoms with Crippen molar-refractivity contribution < 1.29 is 24.5 Å². The van der Waals surface area contributed by atoms with E-state index < -0.39 is 18.0 Å². The lowest BCUT2D eigenvalue weighted by Crippen LogP contribution is -2.16. The molecule has 7 heteroatoms. The Labute approximate surface area is 112 Å². The Hall–Kier alpha value is -1.60. The maximum atomic E-state index is 11.1. The number of benzene rings is 1. The van der Waals surface area contributed by atoms with Gasteiger partial charge in [0.1, 0.15) is 5.75 Å². The minimum absolute atomic E-state index is 0.0389. The zero-order chi connectivity index (χ0) is 13.9. The lowest BCUT2D eigenvalue weighted by molar-refractivity contribution is -0.147. The standard InChI is InChI=1S/C11H12BrNO5/c1-5(14)13-9-7(18-2)4-3-6(12)8(9)10(15)11(16)17/h3-4,10,15H,1-2H3,(H,13,14)(H,16,17). The van der Waals surface area contributed by atoms with Crippen LogP contribution in [-0.4, -0.2) is 29.2 Å². The van der Waals surface area contributed by atoms with Gasteiger partial charge in [-0.15, -0.1) is 0 Å². The number of nitrogens with one attached hydrogen (secondary N) is 1. The molecule has 18 heavy (non-hydrogen) atoms. The number of hydrogen-bond acceptors (Lipinski definition) is 4. The average molecular weight is 318 g/mol. The summed E-state index contributed by atoms with van der Waals surface area (Å²) in [7, 11) is 1.38. The smallest absolute Gasteiger partial charge is 0.337 e. The van der Waals surface area contributed by atoms with Crippen LogP contribution in [0.5, 0.6) is 5.75 Å². The van der Waals surface area contributed by atoms with E-state index in [9.17, 15) is 14.7 Å². The predicted molar refractivity (Wildman–Crippen MR) is 67.6 cm³/mol. The van der Waals surface area contributed by atoms with Gasteiger partial charge in [-0.1, -0.05) is 15.9 Å². The Morgan fingerprint density at radius 1 is 1.44 bits per heavy atom. The number of aliphatic hydroxyl groups is 1. The third-order valence-corrected chi connectivity index (χ3v) is 2.87. The molecule has 0 radical (unpaired) electrons. The van der Waals surface area contributed by atoms with E-state index in [0.29, 0.717) is 4.47 Å². The summed E-state index contributed by atoms with van der Waals surface area (Å²) >= 11 is 3.14. The first-order valence-electron chi connectivity index (χ1n) is 4.93. The normalized spacial score (nSPS) is 11.8. The van der Waals surface area contributed by atoms with E-state index in [4.69, 9.17) is 9.84 Å². The van der Waals surface area contributed by atoms with Gasteiger partial charge in [0.25, 0.3) is 0 Å². The largest absolute Gasteiger partial charge is 0.495 e. The third-order valence-electron chi connectivity index (χ3n) is 2.18. The Morgan fingerprint density at radius 2 is 2.06 bits per heavy atom. The molecule has 1 aromatic rings. The Kier molecular flexibility index (Phi) is 4.69. The number of carboxylic acids is 1. The number of aliphatic hydroxyl groups excluding tert-OH is 1. The van der Waals surface area contributed by atoms with Crippen molar-refractivity contribution in [3.8, 4) is 5.75 Å². The van der Waals surface area contributed by atoms with E-state index in [0.717, 1.165) is 0 Å². The monoisotopic (exact) mass is 317 g/mol. The SMILES string of the molecule is COc1ccc(Br)c(C(O)C(=O)O)c1NC(C)=O. The molecule has 3 N–H and O–H groups in total. The minimum atomic E-state index is -1.77. The highest BCUT2D eigenvalue weighted by atomic mass is 79.9. The molecule has 0 bridgehead atoms. The number of rotatable bonds is 4. The molecule has 0 saturated carbocycles. The van der Waals surface area contributed by atoms with Crippen molar-refractivity contribution in [1.82, 2.24) is 0 Å². The number of halogens is 1. The van der Waals surface area contributed by atoms with Crippen molar-refractivity contribution in [2.75, 3.05) is 12.4 Å². The number of methoxy groups -OCH3 is 1. The van der Waals surface area contributed by atoms with Gasteiger partial charge in [-0.05, 0) is 12.1 Å². The van der Waals surface area contributed by atoms with Crippen LogP contribution in [0.1, 0.15) is 18.6 Å². The van der Waals surface area contributed by atoms with Gasteiger partial charge < -0.3 is 20.3 Å². The van der Waals surface area contributed by atoms with E-state index >= 15 is 0 Å². The molecule has 0 aliphatic heterocycles. The zero-order valence-corrected chi connectivity index (χ0v) is 11.3. The molecule has 0 saturated heterocycles. The molecule has 98 valence electrons. The van der Waals surface area contributed by atoms with Crippen molar-refractivity contribution in [1.29, 1.82) is 0 Å². The number of hydrogen-bond donors (Lipinski definition) is 3. The van der Waals surface area contributed by atoms with Gasteiger partial charge in [-0.3, -0.25) is 4.79 Å². The highest BCUT2D eigenvalue weighted by Gasteiger charge is 2.25. The van der Waals surface area contributed by atoms with Crippen LogP contribution in [0.15, 0.2) is 16.6 Å². The van der Waals surface area contributed by atoms with Gasteiger partial charge in [0.15, 0.2) is 6.10 Å². The summed E-state index contributed by atoms with van der Waals surface area (Å²) in [5, 5.41) is 21.0. The molecule has 0 aliphatic rings. The first-order chi connectivity index (χ1) is 8.38. The van der Waals surface area contributed by atoms with Crippen LogP contribution in [0.25, 0.3) is 0 Å². The second-order valence-corrected chi connectivity index (χ2v) is 4.31. The van der Waals surface area contributed by atoms with Gasteiger partial charge >= 0.3 is 5.97 Å². The second-order valence-electron chi connectivity index (χ2n) is 3.46. The molecule has 1 atom stereocenters. The summed E-state index contributed by atoms with van der Waals surface area (Å²) in [4.78, 5) is 22.0. The Morgan fingerprint density at radius 3 is 2.50 bits per heavy atom. The van der Waals surface area contributed by atoms with Gasteiger partial charge in [-0.2, -0.15) is 0 Å². The number of carboxylic acid groups (broad SMARTS) is 1.